The first-order valence-electron chi connectivity index (χ1n) is 4.35. The van der Waals surface area contributed by atoms with Crippen molar-refractivity contribution in [1.29, 1.82) is 0 Å². The zero-order valence-corrected chi connectivity index (χ0v) is 8.23. The molecule has 1 rings (SSSR count). The molecule has 0 unspecified atom stereocenters. The topological polar surface area (TPSA) is 60.4 Å². The van der Waals surface area contributed by atoms with Gasteiger partial charge in [-0.05, 0) is 0 Å². The molecule has 1 aromatic rings. The van der Waals surface area contributed by atoms with Gasteiger partial charge in [0, 0.05) is 18.1 Å². The normalized spacial score (nSPS) is 9.40. The van der Waals surface area contributed by atoms with Gasteiger partial charge in [0.05, 0.1) is 0 Å². The lowest BCUT2D eigenvalue weighted by Gasteiger charge is -2.01. The van der Waals surface area contributed by atoms with Gasteiger partial charge in [-0.2, -0.15) is 0 Å². The van der Waals surface area contributed by atoms with E-state index < -0.39 is 5.97 Å². The molecule has 4 nitrogen and oxygen atoms in total. The van der Waals surface area contributed by atoms with Crippen molar-refractivity contribution in [2.24, 2.45) is 0 Å². The average Bonchev–Trinajstić information content (AvgIpc) is 2.26. The number of Topliss-reactive ketones (excluding diaryl/α,β-unsaturated/α-hetero) is 1. The monoisotopic (exact) mass is 206 g/mol. The molecule has 0 fully saturated rings. The van der Waals surface area contributed by atoms with Gasteiger partial charge in [0.2, 0.25) is 0 Å². The fraction of sp³-hybridized carbons (Fsp3) is 0.182. The van der Waals surface area contributed by atoms with E-state index in [1.807, 2.05) is 0 Å². The van der Waals surface area contributed by atoms with Gasteiger partial charge in [-0.25, -0.2) is 0 Å². The highest BCUT2D eigenvalue weighted by Gasteiger charge is 2.07. The van der Waals surface area contributed by atoms with Crippen molar-refractivity contribution in [2.45, 2.75) is 6.92 Å². The molecule has 0 bridgehead atoms. The minimum Gasteiger partial charge on any atom is -0.457 e. The summed E-state index contributed by atoms with van der Waals surface area (Å²) in [5, 5.41) is 0. The lowest BCUT2D eigenvalue weighted by Crippen LogP contribution is -2.11. The van der Waals surface area contributed by atoms with Crippen LogP contribution >= 0.6 is 0 Å². The number of aldehydes is 1. The van der Waals surface area contributed by atoms with Crippen LogP contribution in [0, 0.1) is 0 Å². The van der Waals surface area contributed by atoms with Crippen LogP contribution in [0.2, 0.25) is 0 Å². The zero-order valence-electron chi connectivity index (χ0n) is 8.23. The summed E-state index contributed by atoms with van der Waals surface area (Å²) in [5.41, 5.74) is 0.917. The average molecular weight is 206 g/mol. The maximum atomic E-state index is 11.4. The molecule has 0 saturated carbocycles. The second-order valence-electron chi connectivity index (χ2n) is 2.94. The SMILES string of the molecule is CC(=O)OCC(=O)c1ccc(C=O)cc1. The maximum absolute atomic E-state index is 11.4. The van der Waals surface area contributed by atoms with Crippen molar-refractivity contribution < 1.29 is 19.1 Å². The van der Waals surface area contributed by atoms with Crippen LogP contribution in [-0.2, 0) is 9.53 Å². The van der Waals surface area contributed by atoms with Crippen LogP contribution in [0.25, 0.3) is 0 Å². The van der Waals surface area contributed by atoms with E-state index >= 15 is 0 Å². The molecule has 0 spiro atoms. The first kappa shape index (κ1) is 11.1. The standard InChI is InChI=1S/C11H10O4/c1-8(13)15-7-11(14)10-4-2-9(6-12)3-5-10/h2-6H,7H2,1H3. The highest BCUT2D eigenvalue weighted by atomic mass is 16.5. The van der Waals surface area contributed by atoms with Crippen LogP contribution < -0.4 is 0 Å². The summed E-state index contributed by atoms with van der Waals surface area (Å²) in [6, 6.07) is 6.12. The number of benzene rings is 1. The van der Waals surface area contributed by atoms with Crippen LogP contribution in [0.5, 0.6) is 0 Å². The van der Waals surface area contributed by atoms with E-state index in [0.717, 1.165) is 0 Å². The Hall–Kier alpha value is -1.97. The molecule has 0 aliphatic heterocycles. The van der Waals surface area contributed by atoms with Gasteiger partial charge < -0.3 is 4.74 Å². The van der Waals surface area contributed by atoms with E-state index in [0.29, 0.717) is 17.4 Å². The molecule has 15 heavy (non-hydrogen) atoms. The first-order valence-corrected chi connectivity index (χ1v) is 4.35. The molecular formula is C11H10O4. The van der Waals surface area contributed by atoms with Crippen molar-refractivity contribution >= 4 is 18.0 Å². The quantitative estimate of drug-likeness (QED) is 0.422. The summed E-state index contributed by atoms with van der Waals surface area (Å²) in [6.07, 6.45) is 0.695. The number of hydrogen-bond donors (Lipinski definition) is 0. The van der Waals surface area contributed by atoms with Gasteiger partial charge >= 0.3 is 5.97 Å². The number of esters is 1. The molecule has 1 aromatic carbocycles. The van der Waals surface area contributed by atoms with Crippen LogP contribution in [0.15, 0.2) is 24.3 Å². The van der Waals surface area contributed by atoms with Gasteiger partial charge in [-0.1, -0.05) is 24.3 Å². The van der Waals surface area contributed by atoms with Crippen molar-refractivity contribution in [2.75, 3.05) is 6.61 Å². The second kappa shape index (κ2) is 5.05. The first-order chi connectivity index (χ1) is 7.13. The summed E-state index contributed by atoms with van der Waals surface area (Å²) < 4.78 is 4.56. The lowest BCUT2D eigenvalue weighted by molar-refractivity contribution is -0.139. The van der Waals surface area contributed by atoms with Crippen molar-refractivity contribution in [3.8, 4) is 0 Å². The minimum atomic E-state index is -0.493. The summed E-state index contributed by atoms with van der Waals surface area (Å²) in [4.78, 5) is 32.2. The molecule has 0 saturated heterocycles. The Bertz CT molecular complexity index is 378. The summed E-state index contributed by atoms with van der Waals surface area (Å²) in [7, 11) is 0. The van der Waals surface area contributed by atoms with Gasteiger partial charge in [0.1, 0.15) is 6.29 Å². The zero-order chi connectivity index (χ0) is 11.3. The fourth-order valence-corrected chi connectivity index (χ4v) is 0.998. The Labute approximate surface area is 86.9 Å². The Morgan fingerprint density at radius 2 is 1.87 bits per heavy atom. The van der Waals surface area contributed by atoms with Gasteiger partial charge in [-0.3, -0.25) is 14.4 Å². The number of ether oxygens (including phenoxy) is 1. The molecule has 0 aliphatic rings. The van der Waals surface area contributed by atoms with Gasteiger partial charge in [0.25, 0.3) is 0 Å². The molecule has 0 atom stereocenters. The van der Waals surface area contributed by atoms with Crippen LogP contribution in [0.3, 0.4) is 0 Å². The molecule has 0 heterocycles. The van der Waals surface area contributed by atoms with Crippen LogP contribution in [0.4, 0.5) is 0 Å². The summed E-state index contributed by atoms with van der Waals surface area (Å²) in [5.74, 6) is -0.782. The highest BCUT2D eigenvalue weighted by molar-refractivity contribution is 5.98. The molecule has 0 amide bonds. The van der Waals surface area contributed by atoms with Crippen LogP contribution in [0.1, 0.15) is 27.6 Å². The fourth-order valence-electron chi connectivity index (χ4n) is 0.998. The third-order valence-corrected chi connectivity index (χ3v) is 1.78. The summed E-state index contributed by atoms with van der Waals surface area (Å²) >= 11 is 0. The molecule has 78 valence electrons. The highest BCUT2D eigenvalue weighted by Crippen LogP contribution is 2.03. The number of hydrogen-bond acceptors (Lipinski definition) is 4. The van der Waals surface area contributed by atoms with E-state index in [1.165, 1.54) is 31.2 Å². The van der Waals surface area contributed by atoms with E-state index in [9.17, 15) is 14.4 Å². The molecule has 4 heteroatoms. The van der Waals surface area contributed by atoms with E-state index in [2.05, 4.69) is 4.74 Å². The van der Waals surface area contributed by atoms with Crippen LogP contribution in [-0.4, -0.2) is 24.6 Å². The van der Waals surface area contributed by atoms with Gasteiger partial charge in [-0.15, -0.1) is 0 Å². The number of carbonyl (C=O) groups excluding carboxylic acids is 3. The Kier molecular flexibility index (Phi) is 3.74. The van der Waals surface area contributed by atoms with E-state index in [1.54, 1.807) is 0 Å². The number of ketones is 1. The predicted octanol–water partition coefficient (Wildman–Crippen LogP) is 1.24. The smallest absolute Gasteiger partial charge is 0.303 e. The van der Waals surface area contributed by atoms with E-state index in [-0.39, 0.29) is 12.4 Å². The molecule has 0 radical (unpaired) electrons. The van der Waals surface area contributed by atoms with Crippen molar-refractivity contribution in [1.82, 2.24) is 0 Å². The Morgan fingerprint density at radius 1 is 1.27 bits per heavy atom. The van der Waals surface area contributed by atoms with Gasteiger partial charge in [0.15, 0.2) is 12.4 Å². The van der Waals surface area contributed by atoms with E-state index in [4.69, 9.17) is 0 Å². The second-order valence-corrected chi connectivity index (χ2v) is 2.94. The number of rotatable bonds is 4. The summed E-state index contributed by atoms with van der Waals surface area (Å²) in [6.45, 7) is 0.971. The predicted molar refractivity (Wildman–Crippen MR) is 52.8 cm³/mol. The molecule has 0 aromatic heterocycles. The van der Waals surface area contributed by atoms with Crippen molar-refractivity contribution in [3.63, 3.8) is 0 Å². The Balaban J connectivity index is 2.66. The molecular weight excluding hydrogens is 196 g/mol. The number of carbonyl (C=O) groups is 3. The largest absolute Gasteiger partial charge is 0.457 e. The third-order valence-electron chi connectivity index (χ3n) is 1.78. The van der Waals surface area contributed by atoms with Crippen molar-refractivity contribution in [3.05, 3.63) is 35.4 Å². The minimum absolute atomic E-state index is 0.268. The third kappa shape index (κ3) is 3.34. The molecule has 0 N–H and O–H groups in total. The lowest BCUT2D eigenvalue weighted by atomic mass is 10.1. The maximum Gasteiger partial charge on any atom is 0.303 e. The molecule has 0 aliphatic carbocycles. The Morgan fingerprint density at radius 3 is 2.33 bits per heavy atom.